The van der Waals surface area contributed by atoms with Crippen LogP contribution in [0, 0.1) is 12.7 Å². The van der Waals surface area contributed by atoms with Gasteiger partial charge in [-0.3, -0.25) is 4.90 Å². The van der Waals surface area contributed by atoms with Gasteiger partial charge in [0.2, 0.25) is 0 Å². The van der Waals surface area contributed by atoms with Crippen molar-refractivity contribution in [2.45, 2.75) is 38.8 Å². The standard InChI is InChI=1S/C15H23FN2/c1-12-10-13(4-5-14(12)16)11-18-8-6-15(2,17-3)7-9-18/h4-5,10,17H,6-9,11H2,1-3H3. The molecule has 1 saturated heterocycles. The van der Waals surface area contributed by atoms with Crippen LogP contribution < -0.4 is 5.32 Å². The van der Waals surface area contributed by atoms with Gasteiger partial charge in [-0.2, -0.15) is 0 Å². The van der Waals surface area contributed by atoms with Gasteiger partial charge in [0.25, 0.3) is 0 Å². The van der Waals surface area contributed by atoms with Gasteiger partial charge in [-0.25, -0.2) is 4.39 Å². The van der Waals surface area contributed by atoms with Crippen LogP contribution in [0.1, 0.15) is 30.9 Å². The molecular formula is C15H23FN2. The Morgan fingerprint density at radius 3 is 2.56 bits per heavy atom. The minimum Gasteiger partial charge on any atom is -0.314 e. The zero-order valence-electron chi connectivity index (χ0n) is 11.6. The SMILES string of the molecule is CNC1(C)CCN(Cc2ccc(F)c(C)c2)CC1. The first-order chi connectivity index (χ1) is 8.52. The lowest BCUT2D eigenvalue weighted by Crippen LogP contribution is -2.49. The minimum absolute atomic E-state index is 0.111. The van der Waals surface area contributed by atoms with Crippen LogP contribution in [0.4, 0.5) is 4.39 Å². The third kappa shape index (κ3) is 3.09. The molecule has 0 unspecified atom stereocenters. The van der Waals surface area contributed by atoms with Crippen LogP contribution in [0.15, 0.2) is 18.2 Å². The summed E-state index contributed by atoms with van der Waals surface area (Å²) in [6.07, 6.45) is 2.34. The summed E-state index contributed by atoms with van der Waals surface area (Å²) in [5, 5.41) is 3.41. The molecule has 1 N–H and O–H groups in total. The Morgan fingerprint density at radius 1 is 1.33 bits per heavy atom. The molecule has 1 heterocycles. The molecule has 0 aromatic heterocycles. The average molecular weight is 250 g/mol. The molecule has 1 aliphatic heterocycles. The maximum atomic E-state index is 13.2. The minimum atomic E-state index is -0.111. The van der Waals surface area contributed by atoms with E-state index in [-0.39, 0.29) is 11.4 Å². The highest BCUT2D eigenvalue weighted by atomic mass is 19.1. The van der Waals surface area contributed by atoms with E-state index in [0.717, 1.165) is 25.2 Å². The highest BCUT2D eigenvalue weighted by molar-refractivity contribution is 5.23. The number of halogens is 1. The maximum Gasteiger partial charge on any atom is 0.126 e. The number of likely N-dealkylation sites (tertiary alicyclic amines) is 1. The van der Waals surface area contributed by atoms with Crippen molar-refractivity contribution in [2.24, 2.45) is 0 Å². The van der Waals surface area contributed by atoms with Crippen molar-refractivity contribution < 1.29 is 4.39 Å². The fraction of sp³-hybridized carbons (Fsp3) is 0.600. The van der Waals surface area contributed by atoms with Gasteiger partial charge in [-0.15, -0.1) is 0 Å². The number of aryl methyl sites for hydroxylation is 1. The lowest BCUT2D eigenvalue weighted by Gasteiger charge is -2.39. The van der Waals surface area contributed by atoms with E-state index >= 15 is 0 Å². The molecule has 0 bridgehead atoms. The summed E-state index contributed by atoms with van der Waals surface area (Å²) < 4.78 is 13.2. The number of piperidine rings is 1. The first kappa shape index (κ1) is 13.5. The van der Waals surface area contributed by atoms with Gasteiger partial charge in [0, 0.05) is 25.2 Å². The quantitative estimate of drug-likeness (QED) is 0.887. The van der Waals surface area contributed by atoms with Gasteiger partial charge in [0.1, 0.15) is 5.82 Å². The zero-order chi connectivity index (χ0) is 13.2. The maximum absolute atomic E-state index is 13.2. The topological polar surface area (TPSA) is 15.3 Å². The van der Waals surface area contributed by atoms with E-state index in [4.69, 9.17) is 0 Å². The first-order valence-corrected chi connectivity index (χ1v) is 6.69. The molecule has 1 aliphatic rings. The molecule has 1 aromatic rings. The summed E-state index contributed by atoms with van der Waals surface area (Å²) >= 11 is 0. The lowest BCUT2D eigenvalue weighted by atomic mass is 9.90. The van der Waals surface area contributed by atoms with E-state index in [0.29, 0.717) is 0 Å². The molecule has 0 radical (unpaired) electrons. The lowest BCUT2D eigenvalue weighted by molar-refractivity contribution is 0.146. The Hall–Kier alpha value is -0.930. The molecule has 0 amide bonds. The van der Waals surface area contributed by atoms with Crippen LogP contribution >= 0.6 is 0 Å². The molecule has 0 atom stereocenters. The first-order valence-electron chi connectivity index (χ1n) is 6.69. The smallest absolute Gasteiger partial charge is 0.126 e. The second kappa shape index (κ2) is 5.37. The van der Waals surface area contributed by atoms with Crippen LogP contribution in [0.5, 0.6) is 0 Å². The van der Waals surface area contributed by atoms with Crippen molar-refractivity contribution >= 4 is 0 Å². The molecule has 1 aromatic carbocycles. The predicted molar refractivity (Wildman–Crippen MR) is 73.1 cm³/mol. The highest BCUT2D eigenvalue weighted by Crippen LogP contribution is 2.22. The number of rotatable bonds is 3. The van der Waals surface area contributed by atoms with Crippen LogP contribution in [0.3, 0.4) is 0 Å². The second-order valence-corrected chi connectivity index (χ2v) is 5.67. The Morgan fingerprint density at radius 2 is 2.00 bits per heavy atom. The molecular weight excluding hydrogens is 227 g/mol. The van der Waals surface area contributed by atoms with Crippen LogP contribution in [-0.4, -0.2) is 30.6 Å². The van der Waals surface area contributed by atoms with Gasteiger partial charge in [-0.1, -0.05) is 12.1 Å². The molecule has 0 spiro atoms. The van der Waals surface area contributed by atoms with E-state index in [1.807, 2.05) is 26.1 Å². The number of hydrogen-bond donors (Lipinski definition) is 1. The fourth-order valence-electron chi connectivity index (χ4n) is 2.52. The number of nitrogens with one attached hydrogen (secondary N) is 1. The summed E-state index contributed by atoms with van der Waals surface area (Å²) in [5.74, 6) is -0.111. The third-order valence-electron chi connectivity index (χ3n) is 4.19. The highest BCUT2D eigenvalue weighted by Gasteiger charge is 2.27. The molecule has 3 heteroatoms. The van der Waals surface area contributed by atoms with Gasteiger partial charge in [-0.05, 0) is 50.9 Å². The number of nitrogens with zero attached hydrogens (tertiary/aromatic N) is 1. The summed E-state index contributed by atoms with van der Waals surface area (Å²) in [5.41, 5.74) is 2.24. The third-order valence-corrected chi connectivity index (χ3v) is 4.19. The predicted octanol–water partition coefficient (Wildman–Crippen LogP) is 2.71. The molecule has 2 rings (SSSR count). The van der Waals surface area contributed by atoms with Gasteiger partial charge in [0.15, 0.2) is 0 Å². The van der Waals surface area contributed by atoms with Crippen LogP contribution in [-0.2, 0) is 6.54 Å². The molecule has 1 fully saturated rings. The molecule has 18 heavy (non-hydrogen) atoms. The van der Waals surface area contributed by atoms with Gasteiger partial charge in [0.05, 0.1) is 0 Å². The molecule has 100 valence electrons. The Balaban J connectivity index is 1.93. The summed E-state index contributed by atoms with van der Waals surface area (Å²) in [7, 11) is 2.04. The fourth-order valence-corrected chi connectivity index (χ4v) is 2.52. The number of benzene rings is 1. The Kier molecular flexibility index (Phi) is 4.03. The van der Waals surface area contributed by atoms with Crippen molar-refractivity contribution in [1.29, 1.82) is 0 Å². The second-order valence-electron chi connectivity index (χ2n) is 5.67. The van der Waals surface area contributed by atoms with E-state index in [1.165, 1.54) is 18.4 Å². The van der Waals surface area contributed by atoms with E-state index in [9.17, 15) is 4.39 Å². The monoisotopic (exact) mass is 250 g/mol. The van der Waals surface area contributed by atoms with Crippen molar-refractivity contribution in [3.8, 4) is 0 Å². The summed E-state index contributed by atoms with van der Waals surface area (Å²) in [6, 6.07) is 5.43. The van der Waals surface area contributed by atoms with Gasteiger partial charge >= 0.3 is 0 Å². The zero-order valence-corrected chi connectivity index (χ0v) is 11.6. The van der Waals surface area contributed by atoms with E-state index < -0.39 is 0 Å². The van der Waals surface area contributed by atoms with Crippen molar-refractivity contribution in [3.63, 3.8) is 0 Å². The van der Waals surface area contributed by atoms with E-state index in [1.54, 1.807) is 6.07 Å². The normalized spacial score (nSPS) is 20.0. The molecule has 0 aliphatic carbocycles. The Bertz CT molecular complexity index is 409. The molecule has 2 nitrogen and oxygen atoms in total. The molecule has 0 saturated carbocycles. The van der Waals surface area contributed by atoms with Crippen LogP contribution in [0.2, 0.25) is 0 Å². The number of hydrogen-bond acceptors (Lipinski definition) is 2. The average Bonchev–Trinajstić information content (AvgIpc) is 2.37. The van der Waals surface area contributed by atoms with Crippen molar-refractivity contribution in [1.82, 2.24) is 10.2 Å². The largest absolute Gasteiger partial charge is 0.314 e. The summed E-state index contributed by atoms with van der Waals surface area (Å²) in [6.45, 7) is 7.25. The van der Waals surface area contributed by atoms with Gasteiger partial charge < -0.3 is 5.32 Å². The van der Waals surface area contributed by atoms with Crippen molar-refractivity contribution in [2.75, 3.05) is 20.1 Å². The van der Waals surface area contributed by atoms with E-state index in [2.05, 4.69) is 17.1 Å². The summed E-state index contributed by atoms with van der Waals surface area (Å²) in [4.78, 5) is 2.45. The van der Waals surface area contributed by atoms with Crippen LogP contribution in [0.25, 0.3) is 0 Å². The van der Waals surface area contributed by atoms with Crippen molar-refractivity contribution in [3.05, 3.63) is 35.1 Å². The Labute approximate surface area is 109 Å².